The van der Waals surface area contributed by atoms with Gasteiger partial charge in [0.25, 0.3) is 0 Å². The molecule has 0 aliphatic carbocycles. The maximum atomic E-state index is 10.9. The maximum Gasteiger partial charge on any atom is 0.224 e. The quantitative estimate of drug-likeness (QED) is 0.652. The molecule has 0 unspecified atom stereocenters. The van der Waals surface area contributed by atoms with E-state index in [0.717, 1.165) is 5.69 Å². The Kier molecular flexibility index (Phi) is 2.69. The summed E-state index contributed by atoms with van der Waals surface area (Å²) in [6, 6.07) is 7.12. The van der Waals surface area contributed by atoms with Crippen LogP contribution < -0.4 is 11.1 Å². The second-order valence-electron chi connectivity index (χ2n) is 2.53. The fraction of sp³-hybridized carbons (Fsp3) is 0.222. The second kappa shape index (κ2) is 3.76. The summed E-state index contributed by atoms with van der Waals surface area (Å²) in [5.74, 6) is 0.000556. The van der Waals surface area contributed by atoms with Crippen molar-refractivity contribution in [3.8, 4) is 0 Å². The third-order valence-electron chi connectivity index (χ3n) is 1.49. The number of hydrogen-bond donors (Lipinski definition) is 2. The van der Waals surface area contributed by atoms with Crippen molar-refractivity contribution in [1.29, 1.82) is 0 Å². The molecule has 3 N–H and O–H groups in total. The molecular weight excluding hydrogens is 152 g/mol. The van der Waals surface area contributed by atoms with Gasteiger partial charge in [0.2, 0.25) is 5.91 Å². The molecule has 3 heteroatoms. The molecule has 0 saturated carbocycles. The molecule has 64 valence electrons. The molecule has 12 heavy (non-hydrogen) atoms. The van der Waals surface area contributed by atoms with E-state index in [0.29, 0.717) is 12.1 Å². The Hall–Kier alpha value is -1.51. The predicted octanol–water partition coefficient (Wildman–Crippen LogP) is 1.62. The van der Waals surface area contributed by atoms with Crippen molar-refractivity contribution in [2.75, 3.05) is 11.1 Å². The zero-order valence-corrected chi connectivity index (χ0v) is 7.00. The molecule has 1 aromatic carbocycles. The van der Waals surface area contributed by atoms with Crippen LogP contribution in [0.25, 0.3) is 0 Å². The van der Waals surface area contributed by atoms with E-state index in [1.807, 2.05) is 13.0 Å². The van der Waals surface area contributed by atoms with Crippen LogP contribution in [0, 0.1) is 0 Å². The van der Waals surface area contributed by atoms with Gasteiger partial charge in [-0.2, -0.15) is 0 Å². The lowest BCUT2D eigenvalue weighted by atomic mass is 10.3. The van der Waals surface area contributed by atoms with Gasteiger partial charge in [-0.15, -0.1) is 0 Å². The lowest BCUT2D eigenvalue weighted by Gasteiger charge is -2.03. The van der Waals surface area contributed by atoms with Crippen molar-refractivity contribution in [2.24, 2.45) is 0 Å². The van der Waals surface area contributed by atoms with Crippen molar-refractivity contribution in [2.45, 2.75) is 13.3 Å². The molecule has 0 fully saturated rings. The second-order valence-corrected chi connectivity index (χ2v) is 2.53. The predicted molar refractivity (Wildman–Crippen MR) is 49.8 cm³/mol. The zero-order valence-electron chi connectivity index (χ0n) is 7.00. The van der Waals surface area contributed by atoms with E-state index in [-0.39, 0.29) is 5.91 Å². The highest BCUT2D eigenvalue weighted by Gasteiger charge is 1.97. The minimum Gasteiger partial charge on any atom is -0.399 e. The maximum absolute atomic E-state index is 10.9. The fourth-order valence-corrected chi connectivity index (χ4v) is 0.866. The standard InChI is InChI=1S/C9H12N2O/c1-2-9(12)11-8-5-3-4-7(10)6-8/h3-6H,2,10H2,1H3,(H,11,12). The van der Waals surface area contributed by atoms with Crippen LogP contribution >= 0.6 is 0 Å². The Labute approximate surface area is 71.6 Å². The summed E-state index contributed by atoms with van der Waals surface area (Å²) in [5, 5.41) is 2.71. The third-order valence-corrected chi connectivity index (χ3v) is 1.49. The molecule has 1 rings (SSSR count). The smallest absolute Gasteiger partial charge is 0.224 e. The number of carbonyl (C=O) groups excluding carboxylic acids is 1. The van der Waals surface area contributed by atoms with Crippen molar-refractivity contribution in [3.05, 3.63) is 24.3 Å². The van der Waals surface area contributed by atoms with Crippen LogP contribution in [0.3, 0.4) is 0 Å². The Morgan fingerprint density at radius 1 is 1.58 bits per heavy atom. The molecule has 0 atom stereocenters. The number of nitrogens with two attached hydrogens (primary N) is 1. The topological polar surface area (TPSA) is 55.1 Å². The summed E-state index contributed by atoms with van der Waals surface area (Å²) in [5.41, 5.74) is 6.93. The Morgan fingerprint density at radius 2 is 2.33 bits per heavy atom. The largest absolute Gasteiger partial charge is 0.399 e. The van der Waals surface area contributed by atoms with Crippen molar-refractivity contribution >= 4 is 17.3 Å². The van der Waals surface area contributed by atoms with Gasteiger partial charge < -0.3 is 11.1 Å². The molecule has 1 amide bonds. The molecule has 0 heterocycles. The number of rotatable bonds is 2. The summed E-state index contributed by atoms with van der Waals surface area (Å²) >= 11 is 0. The van der Waals surface area contributed by atoms with Crippen molar-refractivity contribution in [1.82, 2.24) is 0 Å². The van der Waals surface area contributed by atoms with Crippen LogP contribution in [0.2, 0.25) is 0 Å². The summed E-state index contributed by atoms with van der Waals surface area (Å²) < 4.78 is 0. The molecule has 1 aromatic rings. The number of nitrogen functional groups attached to an aromatic ring is 1. The van der Waals surface area contributed by atoms with E-state index < -0.39 is 0 Å². The van der Waals surface area contributed by atoms with Crippen LogP contribution in [0.1, 0.15) is 13.3 Å². The van der Waals surface area contributed by atoms with Gasteiger partial charge in [-0.25, -0.2) is 0 Å². The molecule has 3 nitrogen and oxygen atoms in total. The van der Waals surface area contributed by atoms with Gasteiger partial charge in [-0.1, -0.05) is 13.0 Å². The van der Waals surface area contributed by atoms with Crippen molar-refractivity contribution < 1.29 is 4.79 Å². The molecule has 0 saturated heterocycles. The molecule has 0 aliphatic rings. The first-order valence-electron chi connectivity index (χ1n) is 3.87. The van der Waals surface area contributed by atoms with Crippen LogP contribution in [0.5, 0.6) is 0 Å². The first-order chi connectivity index (χ1) is 5.72. The van der Waals surface area contributed by atoms with Crippen LogP contribution in [0.15, 0.2) is 24.3 Å². The van der Waals surface area contributed by atoms with Crippen LogP contribution in [-0.2, 0) is 4.79 Å². The summed E-state index contributed by atoms with van der Waals surface area (Å²) in [7, 11) is 0. The average molecular weight is 164 g/mol. The van der Waals surface area contributed by atoms with Gasteiger partial charge in [0, 0.05) is 17.8 Å². The van der Waals surface area contributed by atoms with Gasteiger partial charge in [0.05, 0.1) is 0 Å². The Balaban J connectivity index is 2.69. The molecule has 0 bridgehead atoms. The van der Waals surface area contributed by atoms with Gasteiger partial charge >= 0.3 is 0 Å². The van der Waals surface area contributed by atoms with Gasteiger partial charge in [0.15, 0.2) is 0 Å². The molecule has 0 spiro atoms. The highest BCUT2D eigenvalue weighted by atomic mass is 16.1. The Morgan fingerprint density at radius 3 is 2.92 bits per heavy atom. The van der Waals surface area contributed by atoms with E-state index in [2.05, 4.69) is 5.32 Å². The summed E-state index contributed by atoms with van der Waals surface area (Å²) in [4.78, 5) is 10.9. The first kappa shape index (κ1) is 8.59. The zero-order chi connectivity index (χ0) is 8.97. The van der Waals surface area contributed by atoms with E-state index in [4.69, 9.17) is 5.73 Å². The number of carbonyl (C=O) groups is 1. The minimum atomic E-state index is 0.000556. The number of anilines is 2. The normalized spacial score (nSPS) is 9.42. The lowest BCUT2D eigenvalue weighted by Crippen LogP contribution is -2.09. The number of hydrogen-bond acceptors (Lipinski definition) is 2. The van der Waals surface area contributed by atoms with E-state index in [1.54, 1.807) is 18.2 Å². The highest BCUT2D eigenvalue weighted by Crippen LogP contribution is 2.11. The van der Waals surface area contributed by atoms with Crippen molar-refractivity contribution in [3.63, 3.8) is 0 Å². The summed E-state index contributed by atoms with van der Waals surface area (Å²) in [6.07, 6.45) is 0.481. The average Bonchev–Trinajstić information content (AvgIpc) is 2.04. The number of benzene rings is 1. The first-order valence-corrected chi connectivity index (χ1v) is 3.87. The van der Waals surface area contributed by atoms with Gasteiger partial charge in [0.1, 0.15) is 0 Å². The minimum absolute atomic E-state index is 0.000556. The van der Waals surface area contributed by atoms with Crippen LogP contribution in [0.4, 0.5) is 11.4 Å². The molecule has 0 aromatic heterocycles. The molecule has 0 aliphatic heterocycles. The SMILES string of the molecule is CCC(=O)Nc1cccc(N)c1. The molecule has 0 radical (unpaired) electrons. The van der Waals surface area contributed by atoms with Gasteiger partial charge in [-0.05, 0) is 18.2 Å². The van der Waals surface area contributed by atoms with Crippen LogP contribution in [-0.4, -0.2) is 5.91 Å². The molecular formula is C9H12N2O. The van der Waals surface area contributed by atoms with E-state index >= 15 is 0 Å². The number of amides is 1. The van der Waals surface area contributed by atoms with E-state index in [9.17, 15) is 4.79 Å². The third kappa shape index (κ3) is 2.27. The highest BCUT2D eigenvalue weighted by molar-refractivity contribution is 5.90. The Bertz CT molecular complexity index is 284. The summed E-state index contributed by atoms with van der Waals surface area (Å²) in [6.45, 7) is 1.81. The van der Waals surface area contributed by atoms with E-state index in [1.165, 1.54) is 0 Å². The number of nitrogens with one attached hydrogen (secondary N) is 1. The monoisotopic (exact) mass is 164 g/mol. The van der Waals surface area contributed by atoms with Gasteiger partial charge in [-0.3, -0.25) is 4.79 Å². The fourth-order valence-electron chi connectivity index (χ4n) is 0.866. The lowest BCUT2D eigenvalue weighted by molar-refractivity contribution is -0.115.